The normalized spacial score (nSPS) is 14.0. The van der Waals surface area contributed by atoms with Crippen molar-refractivity contribution in [1.82, 2.24) is 25.1 Å². The van der Waals surface area contributed by atoms with E-state index in [1.807, 2.05) is 6.07 Å². The fraction of sp³-hybridized carbons (Fsp3) is 0.500. The van der Waals surface area contributed by atoms with Crippen LogP contribution in [0, 0.1) is 13.8 Å². The van der Waals surface area contributed by atoms with Crippen molar-refractivity contribution in [3.05, 3.63) is 40.2 Å². The number of carbonyl (C=O) groups excluding carboxylic acids is 1. The van der Waals surface area contributed by atoms with Crippen molar-refractivity contribution in [3.8, 4) is 0 Å². The summed E-state index contributed by atoms with van der Waals surface area (Å²) in [6.45, 7) is 7.37. The van der Waals surface area contributed by atoms with Crippen LogP contribution in [0.15, 0.2) is 23.4 Å². The monoisotopic (exact) mass is 387 g/mol. The Balaban J connectivity index is 1.45. The molecule has 3 rings (SSSR count). The second-order valence-corrected chi connectivity index (χ2v) is 6.56. The van der Waals surface area contributed by atoms with Gasteiger partial charge in [0.2, 0.25) is 5.91 Å². The summed E-state index contributed by atoms with van der Waals surface area (Å²) in [7, 11) is 0. The summed E-state index contributed by atoms with van der Waals surface area (Å²) < 4.78 is 6.66. The maximum atomic E-state index is 12.1. The zero-order chi connectivity index (χ0) is 19.9. The van der Waals surface area contributed by atoms with E-state index in [-0.39, 0.29) is 18.0 Å². The Morgan fingerprint density at radius 3 is 2.82 bits per heavy atom. The van der Waals surface area contributed by atoms with Crippen LogP contribution in [0.1, 0.15) is 11.3 Å². The van der Waals surface area contributed by atoms with E-state index in [1.165, 1.54) is 10.9 Å². The van der Waals surface area contributed by atoms with Gasteiger partial charge in [-0.15, -0.1) is 5.10 Å². The SMILES string of the molecule is Cc1ncn(CC(=O)NCCNc2cc(N3CCOCC3)cnn2)c(=O)c1C. The van der Waals surface area contributed by atoms with Gasteiger partial charge in [0.15, 0.2) is 5.82 Å². The zero-order valence-electron chi connectivity index (χ0n) is 16.1. The summed E-state index contributed by atoms with van der Waals surface area (Å²) in [5.41, 5.74) is 2.02. The Hall–Kier alpha value is -3.01. The smallest absolute Gasteiger partial charge is 0.256 e. The molecule has 28 heavy (non-hydrogen) atoms. The number of rotatable bonds is 7. The number of aryl methyl sites for hydroxylation is 1. The first-order chi connectivity index (χ1) is 13.5. The van der Waals surface area contributed by atoms with Crippen molar-refractivity contribution in [3.63, 3.8) is 0 Å². The van der Waals surface area contributed by atoms with Crippen LogP contribution in [-0.4, -0.2) is 65.0 Å². The number of amides is 1. The molecule has 0 bridgehead atoms. The van der Waals surface area contributed by atoms with Crippen molar-refractivity contribution >= 4 is 17.4 Å². The highest BCUT2D eigenvalue weighted by Crippen LogP contribution is 2.16. The number of hydrogen-bond donors (Lipinski definition) is 2. The molecule has 2 aromatic rings. The molecule has 1 aliphatic heterocycles. The van der Waals surface area contributed by atoms with Crippen LogP contribution in [0.3, 0.4) is 0 Å². The van der Waals surface area contributed by atoms with E-state index >= 15 is 0 Å². The Kier molecular flexibility index (Phi) is 6.53. The lowest BCUT2D eigenvalue weighted by Crippen LogP contribution is -2.36. The summed E-state index contributed by atoms with van der Waals surface area (Å²) >= 11 is 0. The van der Waals surface area contributed by atoms with Crippen molar-refractivity contribution in [1.29, 1.82) is 0 Å². The minimum Gasteiger partial charge on any atom is -0.378 e. The number of nitrogens with zero attached hydrogens (tertiary/aromatic N) is 5. The van der Waals surface area contributed by atoms with Crippen LogP contribution < -0.4 is 21.1 Å². The minimum absolute atomic E-state index is 0.0563. The van der Waals surface area contributed by atoms with Gasteiger partial charge in [-0.1, -0.05) is 0 Å². The molecule has 3 heterocycles. The highest BCUT2D eigenvalue weighted by molar-refractivity contribution is 5.75. The van der Waals surface area contributed by atoms with Gasteiger partial charge in [-0.05, 0) is 13.8 Å². The highest BCUT2D eigenvalue weighted by atomic mass is 16.5. The summed E-state index contributed by atoms with van der Waals surface area (Å²) in [5.74, 6) is 0.398. The van der Waals surface area contributed by atoms with Gasteiger partial charge in [0, 0.05) is 43.5 Å². The number of carbonyl (C=O) groups is 1. The Labute approximate surface area is 162 Å². The van der Waals surface area contributed by atoms with Crippen molar-refractivity contribution < 1.29 is 9.53 Å². The summed E-state index contributed by atoms with van der Waals surface area (Å²) in [6.07, 6.45) is 3.13. The molecule has 0 atom stereocenters. The number of hydrogen-bond acceptors (Lipinski definition) is 8. The third-order valence-electron chi connectivity index (χ3n) is 4.60. The fourth-order valence-electron chi connectivity index (χ4n) is 2.83. The molecule has 10 nitrogen and oxygen atoms in total. The standard InChI is InChI=1S/C18H25N7O3/c1-13-14(2)21-12-25(18(13)27)11-17(26)20-4-3-19-16-9-15(10-22-23-16)24-5-7-28-8-6-24/h9-10,12H,3-8,11H2,1-2H3,(H,19,23)(H,20,26). The molecule has 1 aliphatic rings. The second-order valence-electron chi connectivity index (χ2n) is 6.56. The Morgan fingerprint density at radius 1 is 1.25 bits per heavy atom. The zero-order valence-corrected chi connectivity index (χ0v) is 16.1. The topological polar surface area (TPSA) is 114 Å². The van der Waals surface area contributed by atoms with E-state index in [4.69, 9.17) is 4.74 Å². The molecular weight excluding hydrogens is 362 g/mol. The molecule has 2 N–H and O–H groups in total. The number of morpholine rings is 1. The maximum Gasteiger partial charge on any atom is 0.256 e. The summed E-state index contributed by atoms with van der Waals surface area (Å²) in [6, 6.07) is 1.93. The molecular formula is C18H25N7O3. The molecule has 1 saturated heterocycles. The van der Waals surface area contributed by atoms with Gasteiger partial charge in [0.1, 0.15) is 6.54 Å². The van der Waals surface area contributed by atoms with Gasteiger partial charge in [-0.2, -0.15) is 5.10 Å². The van der Waals surface area contributed by atoms with Gasteiger partial charge in [0.05, 0.1) is 31.4 Å². The van der Waals surface area contributed by atoms with Gasteiger partial charge >= 0.3 is 0 Å². The molecule has 0 spiro atoms. The molecule has 2 aromatic heterocycles. The van der Waals surface area contributed by atoms with E-state index in [1.54, 1.807) is 20.0 Å². The third-order valence-corrected chi connectivity index (χ3v) is 4.60. The Bertz CT molecular complexity index is 878. The van der Waals surface area contributed by atoms with Gasteiger partial charge in [-0.25, -0.2) is 4.98 Å². The number of anilines is 2. The van der Waals surface area contributed by atoms with Gasteiger partial charge < -0.3 is 20.3 Å². The lowest BCUT2D eigenvalue weighted by molar-refractivity contribution is -0.121. The largest absolute Gasteiger partial charge is 0.378 e. The number of nitrogens with one attached hydrogen (secondary N) is 2. The quantitative estimate of drug-likeness (QED) is 0.623. The number of aromatic nitrogens is 4. The van der Waals surface area contributed by atoms with Gasteiger partial charge in [-0.3, -0.25) is 14.2 Å². The summed E-state index contributed by atoms with van der Waals surface area (Å²) in [5, 5.41) is 14.0. The maximum absolute atomic E-state index is 12.1. The summed E-state index contributed by atoms with van der Waals surface area (Å²) in [4.78, 5) is 30.5. The molecule has 0 unspecified atom stereocenters. The average molecular weight is 387 g/mol. The van der Waals surface area contributed by atoms with Crippen LogP contribution >= 0.6 is 0 Å². The minimum atomic E-state index is -0.248. The van der Waals surface area contributed by atoms with Crippen molar-refractivity contribution in [2.75, 3.05) is 49.6 Å². The molecule has 150 valence electrons. The first-order valence-electron chi connectivity index (χ1n) is 9.23. The molecule has 0 saturated carbocycles. The lowest BCUT2D eigenvalue weighted by atomic mass is 10.3. The Morgan fingerprint density at radius 2 is 2.04 bits per heavy atom. The van der Waals surface area contributed by atoms with Crippen LogP contribution in [0.4, 0.5) is 11.5 Å². The first-order valence-corrected chi connectivity index (χ1v) is 9.23. The highest BCUT2D eigenvalue weighted by Gasteiger charge is 2.12. The van der Waals surface area contributed by atoms with E-state index in [0.717, 1.165) is 18.8 Å². The van der Waals surface area contributed by atoms with E-state index in [9.17, 15) is 9.59 Å². The molecule has 0 radical (unpaired) electrons. The molecule has 0 aliphatic carbocycles. The predicted molar refractivity (Wildman–Crippen MR) is 105 cm³/mol. The second kappa shape index (κ2) is 9.27. The molecule has 1 fully saturated rings. The average Bonchev–Trinajstić information content (AvgIpc) is 2.72. The van der Waals surface area contributed by atoms with E-state index in [0.29, 0.717) is 43.4 Å². The molecule has 0 aromatic carbocycles. The van der Waals surface area contributed by atoms with Gasteiger partial charge in [0.25, 0.3) is 5.56 Å². The van der Waals surface area contributed by atoms with Crippen molar-refractivity contribution in [2.24, 2.45) is 0 Å². The molecule has 10 heteroatoms. The van der Waals surface area contributed by atoms with Crippen LogP contribution in [-0.2, 0) is 16.1 Å². The lowest BCUT2D eigenvalue weighted by Gasteiger charge is -2.28. The number of ether oxygens (including phenoxy) is 1. The van der Waals surface area contributed by atoms with E-state index < -0.39 is 0 Å². The third kappa shape index (κ3) is 5.03. The predicted octanol–water partition coefficient (Wildman–Crippen LogP) is -0.285. The first kappa shape index (κ1) is 19.7. The van der Waals surface area contributed by atoms with Crippen LogP contribution in [0.5, 0.6) is 0 Å². The van der Waals surface area contributed by atoms with Crippen molar-refractivity contribution in [2.45, 2.75) is 20.4 Å². The van der Waals surface area contributed by atoms with Crippen LogP contribution in [0.2, 0.25) is 0 Å². The fourth-order valence-corrected chi connectivity index (χ4v) is 2.83. The molecule has 1 amide bonds. The van der Waals surface area contributed by atoms with E-state index in [2.05, 4.69) is 30.7 Å². The van der Waals surface area contributed by atoms with Crippen LogP contribution in [0.25, 0.3) is 0 Å².